The molecule has 1 aromatic rings. The number of ether oxygens (including phenoxy) is 1. The summed E-state index contributed by atoms with van der Waals surface area (Å²) < 4.78 is 19.4. The molecule has 0 amide bonds. The summed E-state index contributed by atoms with van der Waals surface area (Å²) in [5, 5.41) is 3.46. The van der Waals surface area contributed by atoms with Gasteiger partial charge in [-0.1, -0.05) is 13.0 Å². The van der Waals surface area contributed by atoms with Crippen molar-refractivity contribution in [1.82, 2.24) is 10.2 Å². The molecule has 4 heteroatoms. The second-order valence-electron chi connectivity index (χ2n) is 5.82. The van der Waals surface area contributed by atoms with Crippen LogP contribution in [0, 0.1) is 5.82 Å². The molecule has 0 radical (unpaired) electrons. The second-order valence-corrected chi connectivity index (χ2v) is 5.82. The van der Waals surface area contributed by atoms with Crippen molar-refractivity contribution in [3.8, 4) is 5.75 Å². The highest BCUT2D eigenvalue weighted by atomic mass is 19.1. The van der Waals surface area contributed by atoms with Crippen molar-refractivity contribution in [3.63, 3.8) is 0 Å². The lowest BCUT2D eigenvalue weighted by molar-refractivity contribution is 0.136. The van der Waals surface area contributed by atoms with E-state index < -0.39 is 0 Å². The second kappa shape index (κ2) is 7.04. The Morgan fingerprint density at radius 3 is 2.45 bits per heavy atom. The summed E-state index contributed by atoms with van der Waals surface area (Å²) in [5.74, 6) is 0.316. The third-order valence-electron chi connectivity index (χ3n) is 3.98. The molecule has 1 N–H and O–H groups in total. The van der Waals surface area contributed by atoms with Gasteiger partial charge in [-0.2, -0.15) is 0 Å². The number of nitrogens with zero attached hydrogens (tertiary/aromatic N) is 1. The maximum atomic E-state index is 14.4. The third kappa shape index (κ3) is 3.70. The van der Waals surface area contributed by atoms with Gasteiger partial charge in [-0.3, -0.25) is 0 Å². The number of hydrogen-bond donors (Lipinski definition) is 1. The van der Waals surface area contributed by atoms with Crippen LogP contribution in [-0.2, 0) is 0 Å². The smallest absolute Gasteiger partial charge is 0.131 e. The van der Waals surface area contributed by atoms with Crippen LogP contribution in [0.2, 0.25) is 0 Å². The molecule has 0 bridgehead atoms. The monoisotopic (exact) mass is 282 g/mol. The predicted octanol–water partition coefficient (Wildman–Crippen LogP) is 3.22. The zero-order valence-electron chi connectivity index (χ0n) is 13.5. The highest BCUT2D eigenvalue weighted by Gasteiger charge is 2.34. The highest BCUT2D eigenvalue weighted by Crippen LogP contribution is 2.32. The fraction of sp³-hybridized carbons (Fsp3) is 0.625. The van der Waals surface area contributed by atoms with Crippen molar-refractivity contribution in [3.05, 3.63) is 29.6 Å². The minimum absolute atomic E-state index is 0.0802. The lowest BCUT2D eigenvalue weighted by Crippen LogP contribution is -2.49. The Hall–Kier alpha value is -1.13. The molecular weight excluding hydrogens is 255 g/mol. The van der Waals surface area contributed by atoms with E-state index >= 15 is 0 Å². The van der Waals surface area contributed by atoms with E-state index in [0.29, 0.717) is 11.3 Å². The molecule has 0 aromatic heterocycles. The van der Waals surface area contributed by atoms with Gasteiger partial charge in [0, 0.05) is 17.2 Å². The van der Waals surface area contributed by atoms with Crippen molar-refractivity contribution >= 4 is 0 Å². The molecule has 1 aromatic carbocycles. The first-order valence-corrected chi connectivity index (χ1v) is 7.08. The van der Waals surface area contributed by atoms with E-state index in [1.807, 2.05) is 26.2 Å². The summed E-state index contributed by atoms with van der Waals surface area (Å²) in [6, 6.07) is 4.99. The molecule has 0 saturated carbocycles. The fourth-order valence-corrected chi connectivity index (χ4v) is 2.16. The number of rotatable bonds is 7. The minimum atomic E-state index is -0.229. The van der Waals surface area contributed by atoms with Crippen molar-refractivity contribution in [1.29, 1.82) is 0 Å². The lowest BCUT2D eigenvalue weighted by atomic mass is 9.87. The molecule has 0 aliphatic rings. The first-order valence-electron chi connectivity index (χ1n) is 7.08. The molecule has 1 atom stereocenters. The summed E-state index contributed by atoms with van der Waals surface area (Å²) in [7, 11) is 5.58. The Morgan fingerprint density at radius 2 is 2.00 bits per heavy atom. The van der Waals surface area contributed by atoms with Gasteiger partial charge >= 0.3 is 0 Å². The molecule has 0 spiro atoms. The van der Waals surface area contributed by atoms with Gasteiger partial charge in [0.25, 0.3) is 0 Å². The highest BCUT2D eigenvalue weighted by molar-refractivity contribution is 5.32. The number of benzene rings is 1. The number of likely N-dealkylation sites (N-methyl/N-ethyl adjacent to an activating group) is 1. The van der Waals surface area contributed by atoms with Crippen LogP contribution in [0.1, 0.15) is 38.8 Å². The van der Waals surface area contributed by atoms with Gasteiger partial charge in [0.1, 0.15) is 11.6 Å². The number of methoxy groups -OCH3 is 1. The number of nitrogens with one attached hydrogen (secondary N) is 1. The SMILES string of the molecule is CCCNC(c1ccc(OC)cc1F)C(C)(C)N(C)C. The summed E-state index contributed by atoms with van der Waals surface area (Å²) in [6.45, 7) is 7.19. The van der Waals surface area contributed by atoms with E-state index in [0.717, 1.165) is 13.0 Å². The molecule has 0 saturated heterocycles. The molecule has 3 nitrogen and oxygen atoms in total. The molecular formula is C16H27FN2O. The third-order valence-corrected chi connectivity index (χ3v) is 3.98. The molecule has 0 heterocycles. The van der Waals surface area contributed by atoms with E-state index in [2.05, 4.69) is 31.0 Å². The Kier molecular flexibility index (Phi) is 5.96. The van der Waals surface area contributed by atoms with Gasteiger partial charge in [-0.15, -0.1) is 0 Å². The van der Waals surface area contributed by atoms with Crippen LogP contribution in [0.3, 0.4) is 0 Å². The van der Waals surface area contributed by atoms with Crippen molar-refractivity contribution in [2.75, 3.05) is 27.7 Å². The van der Waals surface area contributed by atoms with Gasteiger partial charge in [-0.05, 0) is 47.0 Å². The normalized spacial score (nSPS) is 13.6. The Bertz CT molecular complexity index is 432. The van der Waals surface area contributed by atoms with Gasteiger partial charge in [0.15, 0.2) is 0 Å². The molecule has 1 rings (SSSR count). The zero-order valence-corrected chi connectivity index (χ0v) is 13.5. The first-order chi connectivity index (χ1) is 9.34. The topological polar surface area (TPSA) is 24.5 Å². The average Bonchev–Trinajstić information content (AvgIpc) is 2.40. The molecule has 20 heavy (non-hydrogen) atoms. The fourth-order valence-electron chi connectivity index (χ4n) is 2.16. The van der Waals surface area contributed by atoms with Crippen LogP contribution in [0.4, 0.5) is 4.39 Å². The van der Waals surface area contributed by atoms with Crippen LogP contribution in [0.15, 0.2) is 18.2 Å². The van der Waals surface area contributed by atoms with Crippen LogP contribution in [0.25, 0.3) is 0 Å². The Morgan fingerprint density at radius 1 is 1.35 bits per heavy atom. The summed E-state index contributed by atoms with van der Waals surface area (Å²) >= 11 is 0. The largest absolute Gasteiger partial charge is 0.497 e. The van der Waals surface area contributed by atoms with Gasteiger partial charge in [-0.25, -0.2) is 4.39 Å². The van der Waals surface area contributed by atoms with Crippen LogP contribution in [-0.4, -0.2) is 38.2 Å². The van der Waals surface area contributed by atoms with Crippen LogP contribution < -0.4 is 10.1 Å². The summed E-state index contributed by atoms with van der Waals surface area (Å²) in [4.78, 5) is 2.12. The van der Waals surface area contributed by atoms with E-state index in [1.54, 1.807) is 7.11 Å². The van der Waals surface area contributed by atoms with Crippen molar-refractivity contribution in [2.24, 2.45) is 0 Å². The number of halogens is 1. The maximum Gasteiger partial charge on any atom is 0.131 e. The lowest BCUT2D eigenvalue weighted by Gasteiger charge is -2.41. The summed E-state index contributed by atoms with van der Waals surface area (Å²) in [6.07, 6.45) is 1.01. The van der Waals surface area contributed by atoms with Crippen molar-refractivity contribution in [2.45, 2.75) is 38.8 Å². The van der Waals surface area contributed by atoms with Crippen LogP contribution in [0.5, 0.6) is 5.75 Å². The molecule has 0 aliphatic carbocycles. The standard InChI is InChI=1S/C16H27FN2O/c1-7-10-18-15(16(2,3)19(4)5)13-9-8-12(20-6)11-14(13)17/h8-9,11,15,18H,7,10H2,1-6H3. The van der Waals surface area contributed by atoms with E-state index in [1.165, 1.54) is 6.07 Å². The molecule has 0 aliphatic heterocycles. The van der Waals surface area contributed by atoms with E-state index in [4.69, 9.17) is 4.74 Å². The van der Waals surface area contributed by atoms with Gasteiger partial charge < -0.3 is 15.0 Å². The number of hydrogen-bond acceptors (Lipinski definition) is 3. The minimum Gasteiger partial charge on any atom is -0.497 e. The predicted molar refractivity (Wildman–Crippen MR) is 81.8 cm³/mol. The van der Waals surface area contributed by atoms with E-state index in [-0.39, 0.29) is 17.4 Å². The van der Waals surface area contributed by atoms with Gasteiger partial charge in [0.05, 0.1) is 13.2 Å². The van der Waals surface area contributed by atoms with E-state index in [9.17, 15) is 4.39 Å². The zero-order chi connectivity index (χ0) is 15.3. The molecule has 0 fully saturated rings. The molecule has 114 valence electrons. The van der Waals surface area contributed by atoms with Gasteiger partial charge in [0.2, 0.25) is 0 Å². The van der Waals surface area contributed by atoms with Crippen LogP contribution >= 0.6 is 0 Å². The Balaban J connectivity index is 3.17. The average molecular weight is 282 g/mol. The first kappa shape index (κ1) is 16.9. The molecule has 1 unspecified atom stereocenters. The Labute approximate surface area is 122 Å². The maximum absolute atomic E-state index is 14.4. The quantitative estimate of drug-likeness (QED) is 0.831. The van der Waals surface area contributed by atoms with Crippen molar-refractivity contribution < 1.29 is 9.13 Å². The summed E-state index contributed by atoms with van der Waals surface area (Å²) in [5.41, 5.74) is 0.475.